The van der Waals surface area contributed by atoms with Crippen LogP contribution in [-0.2, 0) is 0 Å². The standard InChI is InChI=1S/C9H8N4OS.C8H6Cl2O3.K.H/c14-9(12-8-6-10-13-15-8)11-7-4-2-1-3-5-7;1-13-7-5(10)3-2-4(9)6(7)8(11)12;;/h1-6H,(H2,11,12,14);2-3H,1H3,(H,11,12);;/q;;+1;-1. The van der Waals surface area contributed by atoms with Gasteiger partial charge in [-0.05, 0) is 24.3 Å². The van der Waals surface area contributed by atoms with Gasteiger partial charge in [0.15, 0.2) is 5.75 Å². The zero-order valence-electron chi connectivity index (χ0n) is 16.3. The van der Waals surface area contributed by atoms with Crippen LogP contribution in [0.25, 0.3) is 0 Å². The van der Waals surface area contributed by atoms with Gasteiger partial charge in [0.25, 0.3) is 0 Å². The van der Waals surface area contributed by atoms with Crippen LogP contribution in [0.15, 0.2) is 48.7 Å². The molecule has 0 fully saturated rings. The fourth-order valence-corrected chi connectivity index (χ4v) is 2.83. The summed E-state index contributed by atoms with van der Waals surface area (Å²) in [6.45, 7) is 0. The van der Waals surface area contributed by atoms with E-state index in [0.29, 0.717) is 5.00 Å². The smallest absolute Gasteiger partial charge is 1.00 e. The number of amides is 2. The third kappa shape index (κ3) is 8.19. The van der Waals surface area contributed by atoms with E-state index in [4.69, 9.17) is 33.0 Å². The summed E-state index contributed by atoms with van der Waals surface area (Å²) in [5, 5.41) is 18.6. The van der Waals surface area contributed by atoms with Gasteiger partial charge in [-0.15, -0.1) is 5.10 Å². The first kappa shape index (κ1) is 25.8. The number of methoxy groups -OCH3 is 1. The number of benzene rings is 2. The number of hydrogen-bond donors (Lipinski definition) is 3. The number of nitrogens with one attached hydrogen (secondary N) is 2. The van der Waals surface area contributed by atoms with Crippen molar-refractivity contribution in [3.8, 4) is 5.75 Å². The molecule has 148 valence electrons. The van der Waals surface area contributed by atoms with Gasteiger partial charge in [-0.2, -0.15) is 0 Å². The second-order valence-corrected chi connectivity index (χ2v) is 6.57. The number of para-hydroxylation sites is 1. The summed E-state index contributed by atoms with van der Waals surface area (Å²) < 4.78 is 8.45. The molecule has 8 nitrogen and oxygen atoms in total. The first-order chi connectivity index (χ1) is 13.4. The molecule has 0 bridgehead atoms. The fourth-order valence-electron chi connectivity index (χ4n) is 1.95. The Bertz CT molecular complexity index is 952. The summed E-state index contributed by atoms with van der Waals surface area (Å²) in [7, 11) is 1.34. The maximum atomic E-state index is 11.4. The van der Waals surface area contributed by atoms with Gasteiger partial charge < -0.3 is 16.6 Å². The van der Waals surface area contributed by atoms with Gasteiger partial charge in [0.05, 0.1) is 23.4 Å². The molecule has 0 saturated heterocycles. The summed E-state index contributed by atoms with van der Waals surface area (Å²) in [6, 6.07) is 11.8. The molecule has 0 saturated carbocycles. The molecule has 3 aromatic rings. The maximum Gasteiger partial charge on any atom is 1.00 e. The van der Waals surface area contributed by atoms with Crippen LogP contribution in [0, 0.1) is 0 Å². The van der Waals surface area contributed by atoms with Crippen molar-refractivity contribution in [2.24, 2.45) is 0 Å². The van der Waals surface area contributed by atoms with Crippen molar-refractivity contribution in [2.45, 2.75) is 0 Å². The number of aromatic nitrogens is 2. The SMILES string of the molecule is COc1c(Cl)ccc(Cl)c1C(=O)O.O=C(Nc1ccccc1)Nc1cnns1.[H-].[K+]. The number of anilines is 2. The van der Waals surface area contributed by atoms with E-state index in [2.05, 4.69) is 20.2 Å². The maximum absolute atomic E-state index is 11.4. The van der Waals surface area contributed by atoms with Crippen molar-refractivity contribution in [3.05, 3.63) is 64.3 Å². The molecule has 3 N–H and O–H groups in total. The average molecular weight is 481 g/mol. The molecule has 1 aromatic heterocycles. The van der Waals surface area contributed by atoms with Crippen LogP contribution >= 0.6 is 34.7 Å². The molecule has 12 heteroatoms. The van der Waals surface area contributed by atoms with E-state index in [0.717, 1.165) is 17.2 Å². The molecule has 0 aliphatic carbocycles. The minimum Gasteiger partial charge on any atom is -1.00 e. The van der Waals surface area contributed by atoms with Gasteiger partial charge in [0.2, 0.25) is 0 Å². The average Bonchev–Trinajstić information content (AvgIpc) is 3.17. The summed E-state index contributed by atoms with van der Waals surface area (Å²) in [6.07, 6.45) is 1.50. The molecule has 3 rings (SSSR count). The van der Waals surface area contributed by atoms with Gasteiger partial charge in [-0.3, -0.25) is 5.32 Å². The normalized spacial score (nSPS) is 9.34. The van der Waals surface area contributed by atoms with Crippen LogP contribution in [0.1, 0.15) is 11.8 Å². The van der Waals surface area contributed by atoms with E-state index < -0.39 is 5.97 Å². The first-order valence-corrected chi connectivity index (χ1v) is 9.11. The third-order valence-corrected chi connectivity index (χ3v) is 4.30. The van der Waals surface area contributed by atoms with E-state index in [-0.39, 0.29) is 80.2 Å². The van der Waals surface area contributed by atoms with E-state index in [9.17, 15) is 9.59 Å². The Morgan fingerprint density at radius 2 is 1.76 bits per heavy atom. The Morgan fingerprint density at radius 3 is 2.28 bits per heavy atom. The van der Waals surface area contributed by atoms with Crippen LogP contribution < -0.4 is 66.8 Å². The predicted molar refractivity (Wildman–Crippen MR) is 110 cm³/mol. The zero-order valence-corrected chi connectivity index (χ0v) is 20.8. The molecule has 0 aliphatic heterocycles. The topological polar surface area (TPSA) is 113 Å². The number of carboxylic acids is 1. The number of carboxylic acid groups (broad SMARTS) is 1. The number of aromatic carboxylic acids is 1. The number of hydrogen-bond acceptors (Lipinski definition) is 6. The number of halogens is 2. The zero-order chi connectivity index (χ0) is 20.5. The van der Waals surface area contributed by atoms with Crippen molar-refractivity contribution < 1.29 is 72.2 Å². The van der Waals surface area contributed by atoms with Crippen molar-refractivity contribution in [1.29, 1.82) is 0 Å². The van der Waals surface area contributed by atoms with Gasteiger partial charge in [0, 0.05) is 17.2 Å². The molecule has 0 atom stereocenters. The van der Waals surface area contributed by atoms with Crippen molar-refractivity contribution >= 4 is 57.4 Å². The van der Waals surface area contributed by atoms with Gasteiger partial charge in [-0.25, -0.2) is 9.59 Å². The van der Waals surface area contributed by atoms with Crippen molar-refractivity contribution in [1.82, 2.24) is 9.59 Å². The van der Waals surface area contributed by atoms with E-state index in [1.165, 1.54) is 25.4 Å². The van der Waals surface area contributed by atoms with Gasteiger partial charge in [0.1, 0.15) is 10.6 Å². The Hall–Kier alpha value is -1.24. The molecular formula is C17H15Cl2KN4O4S. The molecular weight excluding hydrogens is 466 g/mol. The van der Waals surface area contributed by atoms with E-state index >= 15 is 0 Å². The van der Waals surface area contributed by atoms with Crippen LogP contribution in [0.2, 0.25) is 10.0 Å². The Labute approximate surface area is 224 Å². The molecule has 2 amide bonds. The molecule has 0 spiro atoms. The Kier molecular flexibility index (Phi) is 11.7. The van der Waals surface area contributed by atoms with E-state index in [1.807, 2.05) is 30.3 Å². The fraction of sp³-hybridized carbons (Fsp3) is 0.0588. The monoisotopic (exact) mass is 480 g/mol. The first-order valence-electron chi connectivity index (χ1n) is 7.58. The van der Waals surface area contributed by atoms with Crippen molar-refractivity contribution in [2.75, 3.05) is 17.7 Å². The molecule has 2 aromatic carbocycles. The number of nitrogens with zero attached hydrogens (tertiary/aromatic N) is 2. The summed E-state index contributed by atoms with van der Waals surface area (Å²) in [5.41, 5.74) is 0.629. The van der Waals surface area contributed by atoms with Gasteiger partial charge >= 0.3 is 63.4 Å². The number of carbonyl (C=O) groups excluding carboxylic acids is 1. The molecule has 0 radical (unpaired) electrons. The predicted octanol–water partition coefficient (Wildman–Crippen LogP) is 2.00. The van der Waals surface area contributed by atoms with Crippen LogP contribution in [-0.4, -0.2) is 33.8 Å². The minimum absolute atomic E-state index is 0. The van der Waals surface area contributed by atoms with Crippen LogP contribution in [0.5, 0.6) is 5.75 Å². The van der Waals surface area contributed by atoms with Crippen LogP contribution in [0.4, 0.5) is 15.5 Å². The van der Waals surface area contributed by atoms with E-state index in [1.54, 1.807) is 0 Å². The molecule has 0 aliphatic rings. The number of urea groups is 1. The second-order valence-electron chi connectivity index (χ2n) is 4.97. The van der Waals surface area contributed by atoms with Crippen molar-refractivity contribution in [3.63, 3.8) is 0 Å². The summed E-state index contributed by atoms with van der Waals surface area (Å²) >= 11 is 12.5. The minimum atomic E-state index is -1.16. The second kappa shape index (κ2) is 13.1. The Morgan fingerprint density at radius 1 is 1.10 bits per heavy atom. The summed E-state index contributed by atoms with van der Waals surface area (Å²) in [4.78, 5) is 22.1. The van der Waals surface area contributed by atoms with Crippen LogP contribution in [0.3, 0.4) is 0 Å². The number of ether oxygens (including phenoxy) is 1. The Balaban J connectivity index is 0.000000531. The quantitative estimate of drug-likeness (QED) is 0.492. The number of carbonyl (C=O) groups is 2. The summed E-state index contributed by atoms with van der Waals surface area (Å²) in [5.74, 6) is -1.08. The third-order valence-electron chi connectivity index (χ3n) is 3.11. The largest absolute Gasteiger partial charge is 1.00 e. The number of rotatable bonds is 4. The molecule has 1 heterocycles. The van der Waals surface area contributed by atoms with Gasteiger partial charge in [-0.1, -0.05) is 45.9 Å². The molecule has 29 heavy (non-hydrogen) atoms. The molecule has 0 unspecified atom stereocenters.